The van der Waals surface area contributed by atoms with Gasteiger partial charge in [0, 0.05) is 6.42 Å². The molecule has 0 heterocycles. The predicted molar refractivity (Wildman–Crippen MR) is 120 cm³/mol. The molecule has 7 nitrogen and oxygen atoms in total. The molecule has 0 radical (unpaired) electrons. The quantitative estimate of drug-likeness (QED) is 0.325. The summed E-state index contributed by atoms with van der Waals surface area (Å²) in [4.78, 5) is 36.1. The third-order valence-corrected chi connectivity index (χ3v) is 5.11. The zero-order valence-corrected chi connectivity index (χ0v) is 18.3. The number of carbonyl (C=O) groups excluding carboxylic acids is 2. The number of nitrogens with one attached hydrogen (secondary N) is 1. The van der Waals surface area contributed by atoms with Crippen LogP contribution in [0.15, 0.2) is 54.6 Å². The zero-order chi connectivity index (χ0) is 23.3. The molecule has 0 saturated carbocycles. The molecule has 0 spiro atoms. The molecule has 7 heteroatoms. The second-order valence-electron chi connectivity index (χ2n) is 7.65. The summed E-state index contributed by atoms with van der Waals surface area (Å²) in [5.41, 5.74) is 1.75. The van der Waals surface area contributed by atoms with Crippen molar-refractivity contribution in [1.29, 1.82) is 0 Å². The van der Waals surface area contributed by atoms with Crippen LogP contribution < -0.4 is 5.32 Å². The van der Waals surface area contributed by atoms with Gasteiger partial charge in [-0.1, -0.05) is 61.9 Å². The molecule has 0 saturated heterocycles. The van der Waals surface area contributed by atoms with E-state index in [1.165, 1.54) is 6.07 Å². The van der Waals surface area contributed by atoms with E-state index >= 15 is 0 Å². The van der Waals surface area contributed by atoms with E-state index in [4.69, 9.17) is 4.74 Å². The van der Waals surface area contributed by atoms with Crippen LogP contribution in [0.2, 0.25) is 0 Å². The number of benzene rings is 2. The summed E-state index contributed by atoms with van der Waals surface area (Å²) in [5, 5.41) is 22.6. The number of carboxylic acid groups (broad SMARTS) is 1. The molecule has 2 aromatic rings. The fourth-order valence-electron chi connectivity index (χ4n) is 3.34. The molecule has 0 bridgehead atoms. The van der Waals surface area contributed by atoms with Crippen molar-refractivity contribution < 1.29 is 29.3 Å². The van der Waals surface area contributed by atoms with Crippen LogP contribution >= 0.6 is 0 Å². The minimum absolute atomic E-state index is 0.136. The van der Waals surface area contributed by atoms with Gasteiger partial charge in [-0.3, -0.25) is 4.79 Å². The molecule has 2 rings (SSSR count). The van der Waals surface area contributed by atoms with E-state index in [0.29, 0.717) is 24.8 Å². The van der Waals surface area contributed by atoms with Gasteiger partial charge in [-0.15, -0.1) is 0 Å². The lowest BCUT2D eigenvalue weighted by Crippen LogP contribution is -2.48. The van der Waals surface area contributed by atoms with Crippen LogP contribution in [0.3, 0.4) is 0 Å². The summed E-state index contributed by atoms with van der Waals surface area (Å²) in [6, 6.07) is 15.1. The molecule has 0 aliphatic carbocycles. The molecule has 0 aliphatic heterocycles. The largest absolute Gasteiger partial charge is 0.478 e. The highest BCUT2D eigenvalue weighted by molar-refractivity contribution is 5.89. The molecule has 32 heavy (non-hydrogen) atoms. The number of unbranched alkanes of at least 4 members (excludes halogenated alkanes) is 1. The van der Waals surface area contributed by atoms with Gasteiger partial charge in [-0.25, -0.2) is 9.59 Å². The van der Waals surface area contributed by atoms with E-state index in [1.54, 1.807) is 18.2 Å². The van der Waals surface area contributed by atoms with Crippen LogP contribution in [0, 0.1) is 0 Å². The molecule has 0 unspecified atom stereocenters. The van der Waals surface area contributed by atoms with Crippen LogP contribution in [0.1, 0.15) is 54.1 Å². The minimum Gasteiger partial charge on any atom is -0.478 e. The number of carboxylic acids is 1. The molecule has 2 aromatic carbocycles. The van der Waals surface area contributed by atoms with Crippen molar-refractivity contribution in [3.8, 4) is 0 Å². The Morgan fingerprint density at radius 3 is 2.38 bits per heavy atom. The topological polar surface area (TPSA) is 113 Å². The molecular formula is C25H31NO6. The number of hydrogen-bond donors (Lipinski definition) is 3. The van der Waals surface area contributed by atoms with E-state index in [2.05, 4.69) is 5.32 Å². The number of amides is 1. The Hall–Kier alpha value is -3.19. The third kappa shape index (κ3) is 8.15. The molecule has 3 N–H and O–H groups in total. The number of aromatic carboxylic acids is 1. The lowest BCUT2D eigenvalue weighted by molar-refractivity contribution is -0.155. The number of hydrogen-bond acceptors (Lipinski definition) is 5. The Kier molecular flexibility index (Phi) is 10.4. The molecule has 0 aromatic heterocycles. The molecule has 0 aliphatic rings. The smallest absolute Gasteiger partial charge is 0.337 e. The van der Waals surface area contributed by atoms with Crippen molar-refractivity contribution in [3.05, 3.63) is 71.3 Å². The van der Waals surface area contributed by atoms with E-state index in [-0.39, 0.29) is 30.9 Å². The average molecular weight is 442 g/mol. The summed E-state index contributed by atoms with van der Waals surface area (Å²) in [6.45, 7) is 2.19. The van der Waals surface area contributed by atoms with Gasteiger partial charge in [0.05, 0.1) is 18.2 Å². The first-order valence-corrected chi connectivity index (χ1v) is 10.9. The lowest BCUT2D eigenvalue weighted by Gasteiger charge is -2.23. The van der Waals surface area contributed by atoms with Gasteiger partial charge in [0.25, 0.3) is 0 Å². The number of rotatable bonds is 13. The van der Waals surface area contributed by atoms with Crippen LogP contribution in [0.25, 0.3) is 0 Å². The normalized spacial score (nSPS) is 12.6. The van der Waals surface area contributed by atoms with Crippen molar-refractivity contribution in [2.24, 2.45) is 0 Å². The number of aliphatic hydroxyl groups is 1. The Labute approximate surface area is 188 Å². The Morgan fingerprint density at radius 2 is 1.69 bits per heavy atom. The highest BCUT2D eigenvalue weighted by Gasteiger charge is 2.29. The molecule has 0 fully saturated rings. The van der Waals surface area contributed by atoms with Crippen molar-refractivity contribution in [1.82, 2.24) is 5.32 Å². The Bertz CT molecular complexity index is 883. The van der Waals surface area contributed by atoms with Crippen molar-refractivity contribution in [3.63, 3.8) is 0 Å². The second kappa shape index (κ2) is 13.3. The number of aliphatic hydroxyl groups excluding tert-OH is 1. The van der Waals surface area contributed by atoms with E-state index in [1.807, 2.05) is 37.3 Å². The van der Waals surface area contributed by atoms with Gasteiger partial charge < -0.3 is 20.3 Å². The molecular weight excluding hydrogens is 410 g/mol. The van der Waals surface area contributed by atoms with Gasteiger partial charge >= 0.3 is 11.9 Å². The lowest BCUT2D eigenvalue weighted by atomic mass is 10.00. The van der Waals surface area contributed by atoms with Crippen molar-refractivity contribution in [2.45, 2.75) is 57.6 Å². The molecule has 172 valence electrons. The van der Waals surface area contributed by atoms with Crippen LogP contribution in [-0.2, 0) is 27.2 Å². The third-order valence-electron chi connectivity index (χ3n) is 5.11. The van der Waals surface area contributed by atoms with Gasteiger partial charge in [0.2, 0.25) is 5.91 Å². The van der Waals surface area contributed by atoms with E-state index < -0.39 is 24.1 Å². The maximum atomic E-state index is 12.5. The van der Waals surface area contributed by atoms with E-state index in [0.717, 1.165) is 12.0 Å². The number of esters is 1. The van der Waals surface area contributed by atoms with Crippen LogP contribution in [0.5, 0.6) is 0 Å². The summed E-state index contributed by atoms with van der Waals surface area (Å²) in [5.74, 6) is -2.08. The standard InChI is InChI=1S/C25H31NO6/c1-2-3-16-32-25(31)23(28)21(17-18-10-5-4-6-11-18)26-22(27)15-9-13-19-12-7-8-14-20(19)24(29)30/h4-8,10-12,14,21,23,28H,2-3,9,13,15-17H2,1H3,(H,26,27)(H,29,30)/t21-,23-/m1/s1. The van der Waals surface area contributed by atoms with Gasteiger partial charge in [-0.05, 0) is 42.9 Å². The minimum atomic E-state index is -1.48. The second-order valence-corrected chi connectivity index (χ2v) is 7.65. The van der Waals surface area contributed by atoms with Gasteiger partial charge in [0.15, 0.2) is 6.10 Å². The highest BCUT2D eigenvalue weighted by atomic mass is 16.5. The monoisotopic (exact) mass is 441 g/mol. The SMILES string of the molecule is CCCCOC(=O)[C@H](O)[C@@H](Cc1ccccc1)NC(=O)CCCc1ccccc1C(=O)O. The maximum absolute atomic E-state index is 12.5. The fourth-order valence-corrected chi connectivity index (χ4v) is 3.34. The fraction of sp³-hybridized carbons (Fsp3) is 0.400. The molecule has 2 atom stereocenters. The van der Waals surface area contributed by atoms with Crippen molar-refractivity contribution in [2.75, 3.05) is 6.61 Å². The first kappa shape index (κ1) is 25.1. The van der Waals surface area contributed by atoms with E-state index in [9.17, 15) is 24.6 Å². The Balaban J connectivity index is 1.97. The predicted octanol–water partition coefficient (Wildman–Crippen LogP) is 3.14. The van der Waals surface area contributed by atoms with Crippen molar-refractivity contribution >= 4 is 17.8 Å². The summed E-state index contributed by atoms with van der Waals surface area (Å²) in [6.07, 6.45) is 1.36. The zero-order valence-electron chi connectivity index (χ0n) is 18.3. The summed E-state index contributed by atoms with van der Waals surface area (Å²) in [7, 11) is 0. The van der Waals surface area contributed by atoms with Crippen LogP contribution in [0.4, 0.5) is 0 Å². The first-order chi connectivity index (χ1) is 15.4. The highest BCUT2D eigenvalue weighted by Crippen LogP contribution is 2.13. The van der Waals surface area contributed by atoms with Gasteiger partial charge in [0.1, 0.15) is 0 Å². The number of ether oxygens (including phenoxy) is 1. The number of carbonyl (C=O) groups is 3. The number of aryl methyl sites for hydroxylation is 1. The van der Waals surface area contributed by atoms with Crippen LogP contribution in [-0.4, -0.2) is 46.8 Å². The average Bonchev–Trinajstić information content (AvgIpc) is 2.79. The summed E-state index contributed by atoms with van der Waals surface area (Å²) < 4.78 is 5.12. The maximum Gasteiger partial charge on any atom is 0.337 e. The van der Waals surface area contributed by atoms with Gasteiger partial charge in [-0.2, -0.15) is 0 Å². The Morgan fingerprint density at radius 1 is 1.00 bits per heavy atom. The first-order valence-electron chi connectivity index (χ1n) is 10.9. The summed E-state index contributed by atoms with van der Waals surface area (Å²) >= 11 is 0. The molecule has 1 amide bonds.